The van der Waals surface area contributed by atoms with E-state index in [1.54, 1.807) is 30.3 Å². The van der Waals surface area contributed by atoms with Crippen LogP contribution in [0.5, 0.6) is 0 Å². The summed E-state index contributed by atoms with van der Waals surface area (Å²) in [4.78, 5) is 27.7. The fourth-order valence-corrected chi connectivity index (χ4v) is 3.40. The van der Waals surface area contributed by atoms with E-state index in [1.807, 2.05) is 42.5 Å². The van der Waals surface area contributed by atoms with Crippen LogP contribution in [-0.4, -0.2) is 9.55 Å². The van der Waals surface area contributed by atoms with Crippen LogP contribution in [0.3, 0.4) is 0 Å². The molecule has 0 saturated heterocycles. The van der Waals surface area contributed by atoms with Crippen molar-refractivity contribution in [3.8, 4) is 11.8 Å². The Balaban J connectivity index is 1.55. The van der Waals surface area contributed by atoms with Gasteiger partial charge in [-0.2, -0.15) is 0 Å². The molecule has 0 radical (unpaired) electrons. The number of nitrogens with zero attached hydrogens (tertiary/aromatic N) is 1. The summed E-state index contributed by atoms with van der Waals surface area (Å²) < 4.78 is 1.21. The Morgan fingerprint density at radius 1 is 0.862 bits per heavy atom. The topological polar surface area (TPSA) is 54.9 Å². The Bertz CT molecular complexity index is 1360. The van der Waals surface area contributed by atoms with E-state index in [0.29, 0.717) is 22.3 Å². The van der Waals surface area contributed by atoms with Crippen LogP contribution in [0.1, 0.15) is 16.7 Å². The van der Waals surface area contributed by atoms with Gasteiger partial charge in [0, 0.05) is 22.7 Å². The van der Waals surface area contributed by atoms with Gasteiger partial charge in [-0.1, -0.05) is 59.8 Å². The molecule has 29 heavy (non-hydrogen) atoms. The Morgan fingerprint density at radius 3 is 2.38 bits per heavy atom. The SMILES string of the molecule is O=c1[nH]c2ccccc2c(=O)n1CCc1ccc(C#Cc2ccccc2)cc1Cl. The van der Waals surface area contributed by atoms with Gasteiger partial charge >= 0.3 is 5.69 Å². The molecule has 3 aromatic carbocycles. The lowest BCUT2D eigenvalue weighted by atomic mass is 10.1. The molecular weight excluding hydrogens is 384 g/mol. The van der Waals surface area contributed by atoms with Crippen molar-refractivity contribution in [1.82, 2.24) is 9.55 Å². The second kappa shape index (κ2) is 8.22. The lowest BCUT2D eigenvalue weighted by Crippen LogP contribution is -2.35. The van der Waals surface area contributed by atoms with Crippen molar-refractivity contribution in [3.05, 3.63) is 115 Å². The number of fused-ring (bicyclic) bond motifs is 1. The Morgan fingerprint density at radius 2 is 1.59 bits per heavy atom. The highest BCUT2D eigenvalue weighted by molar-refractivity contribution is 6.31. The number of halogens is 1. The number of H-pyrrole nitrogens is 1. The van der Waals surface area contributed by atoms with Crippen molar-refractivity contribution >= 4 is 22.5 Å². The zero-order valence-corrected chi connectivity index (χ0v) is 16.2. The van der Waals surface area contributed by atoms with E-state index < -0.39 is 5.69 Å². The molecule has 0 atom stereocenters. The monoisotopic (exact) mass is 400 g/mol. The fraction of sp³-hybridized carbons (Fsp3) is 0.0833. The molecule has 0 bridgehead atoms. The number of rotatable bonds is 3. The predicted octanol–water partition coefficient (Wildman–Crippen LogP) is 3.99. The standard InChI is InChI=1S/C24H17ClN2O2/c25-21-16-18(11-10-17-6-2-1-3-7-17)12-13-19(21)14-15-27-23(28)20-8-4-5-9-22(20)26-24(27)29/h1-9,12-13,16H,14-15H2,(H,26,29). The van der Waals surface area contributed by atoms with Gasteiger partial charge in [0.05, 0.1) is 10.9 Å². The molecule has 1 aromatic heterocycles. The van der Waals surface area contributed by atoms with E-state index in [4.69, 9.17) is 11.6 Å². The molecule has 4 rings (SSSR count). The average molecular weight is 401 g/mol. The number of aryl methyl sites for hydroxylation is 1. The maximum Gasteiger partial charge on any atom is 0.328 e. The van der Waals surface area contributed by atoms with Crippen molar-refractivity contribution in [2.24, 2.45) is 0 Å². The van der Waals surface area contributed by atoms with Gasteiger partial charge in [-0.3, -0.25) is 9.36 Å². The first-order valence-electron chi connectivity index (χ1n) is 9.19. The minimum atomic E-state index is -0.421. The second-order valence-electron chi connectivity index (χ2n) is 6.60. The zero-order valence-electron chi connectivity index (χ0n) is 15.5. The van der Waals surface area contributed by atoms with Crippen LogP contribution in [0.4, 0.5) is 0 Å². The third-order valence-electron chi connectivity index (χ3n) is 4.67. The van der Waals surface area contributed by atoms with Gasteiger partial charge in [0.25, 0.3) is 5.56 Å². The van der Waals surface area contributed by atoms with E-state index in [0.717, 1.165) is 16.7 Å². The predicted molar refractivity (Wildman–Crippen MR) is 116 cm³/mol. The Labute approximate surface area is 172 Å². The summed E-state index contributed by atoms with van der Waals surface area (Å²) in [6, 6.07) is 22.3. The number of aromatic amines is 1. The van der Waals surface area contributed by atoms with E-state index in [9.17, 15) is 9.59 Å². The van der Waals surface area contributed by atoms with Crippen LogP contribution in [-0.2, 0) is 13.0 Å². The number of hydrogen-bond donors (Lipinski definition) is 1. The maximum atomic E-state index is 12.6. The number of hydrogen-bond acceptors (Lipinski definition) is 2. The summed E-state index contributed by atoms with van der Waals surface area (Å²) >= 11 is 6.41. The molecular formula is C24H17ClN2O2. The quantitative estimate of drug-likeness (QED) is 0.529. The molecule has 0 aliphatic rings. The van der Waals surface area contributed by atoms with Gasteiger partial charge < -0.3 is 4.98 Å². The Hall–Kier alpha value is -3.55. The highest BCUT2D eigenvalue weighted by Crippen LogP contribution is 2.18. The maximum absolute atomic E-state index is 12.6. The second-order valence-corrected chi connectivity index (χ2v) is 7.01. The van der Waals surface area contributed by atoms with E-state index in [2.05, 4.69) is 16.8 Å². The van der Waals surface area contributed by atoms with Crippen molar-refractivity contribution in [2.75, 3.05) is 0 Å². The molecule has 142 valence electrons. The summed E-state index contributed by atoms with van der Waals surface area (Å²) in [6.45, 7) is 0.244. The fourth-order valence-electron chi connectivity index (χ4n) is 3.13. The van der Waals surface area contributed by atoms with Gasteiger partial charge in [0.2, 0.25) is 0 Å². The molecule has 0 aliphatic heterocycles. The van der Waals surface area contributed by atoms with Gasteiger partial charge in [-0.15, -0.1) is 0 Å². The van der Waals surface area contributed by atoms with Crippen LogP contribution in [0.2, 0.25) is 5.02 Å². The van der Waals surface area contributed by atoms with Gasteiger partial charge in [0.15, 0.2) is 0 Å². The largest absolute Gasteiger partial charge is 0.328 e. The first-order valence-corrected chi connectivity index (χ1v) is 9.57. The van der Waals surface area contributed by atoms with Crippen molar-refractivity contribution in [3.63, 3.8) is 0 Å². The van der Waals surface area contributed by atoms with Gasteiger partial charge in [0.1, 0.15) is 0 Å². The van der Waals surface area contributed by atoms with Crippen molar-refractivity contribution in [1.29, 1.82) is 0 Å². The lowest BCUT2D eigenvalue weighted by Gasteiger charge is -2.08. The zero-order chi connectivity index (χ0) is 20.2. The van der Waals surface area contributed by atoms with Crippen LogP contribution < -0.4 is 11.2 Å². The van der Waals surface area contributed by atoms with Crippen molar-refractivity contribution < 1.29 is 0 Å². The minimum absolute atomic E-state index is 0.244. The molecule has 0 unspecified atom stereocenters. The highest BCUT2D eigenvalue weighted by Gasteiger charge is 2.08. The molecule has 4 aromatic rings. The van der Waals surface area contributed by atoms with Crippen LogP contribution in [0, 0.1) is 11.8 Å². The summed E-state index contributed by atoms with van der Waals surface area (Å²) in [5, 5.41) is 1.06. The molecule has 4 nitrogen and oxygen atoms in total. The molecule has 0 aliphatic carbocycles. The molecule has 0 amide bonds. The molecule has 5 heteroatoms. The van der Waals surface area contributed by atoms with Gasteiger partial charge in [-0.05, 0) is 48.4 Å². The van der Waals surface area contributed by atoms with Crippen molar-refractivity contribution in [2.45, 2.75) is 13.0 Å². The average Bonchev–Trinajstić information content (AvgIpc) is 2.74. The summed E-state index contributed by atoms with van der Waals surface area (Å²) in [6.07, 6.45) is 0.465. The normalized spacial score (nSPS) is 10.5. The van der Waals surface area contributed by atoms with E-state index in [1.165, 1.54) is 4.57 Å². The molecule has 1 N–H and O–H groups in total. The summed E-state index contributed by atoms with van der Waals surface area (Å²) in [5.41, 5.74) is 2.42. The Kier molecular flexibility index (Phi) is 5.33. The number of benzene rings is 3. The highest BCUT2D eigenvalue weighted by atomic mass is 35.5. The van der Waals surface area contributed by atoms with Gasteiger partial charge in [-0.25, -0.2) is 4.79 Å². The van der Waals surface area contributed by atoms with Crippen LogP contribution in [0.15, 0.2) is 82.4 Å². The smallest absolute Gasteiger partial charge is 0.307 e. The molecule has 0 saturated carbocycles. The third-order valence-corrected chi connectivity index (χ3v) is 5.02. The minimum Gasteiger partial charge on any atom is -0.307 e. The summed E-state index contributed by atoms with van der Waals surface area (Å²) in [7, 11) is 0. The van der Waals surface area contributed by atoms with E-state index >= 15 is 0 Å². The van der Waals surface area contributed by atoms with E-state index in [-0.39, 0.29) is 12.1 Å². The summed E-state index contributed by atoms with van der Waals surface area (Å²) in [5.74, 6) is 6.19. The van der Waals surface area contributed by atoms with Crippen LogP contribution >= 0.6 is 11.6 Å². The third kappa shape index (κ3) is 4.16. The molecule has 0 fully saturated rings. The van der Waals surface area contributed by atoms with Crippen LogP contribution in [0.25, 0.3) is 10.9 Å². The molecule has 0 spiro atoms. The molecule has 1 heterocycles. The number of para-hydroxylation sites is 1. The number of nitrogens with one attached hydrogen (secondary N) is 1. The number of aromatic nitrogens is 2. The lowest BCUT2D eigenvalue weighted by molar-refractivity contribution is 0.636. The first-order chi connectivity index (χ1) is 14.1. The first kappa shape index (κ1) is 18.8.